The Labute approximate surface area is 147 Å². The summed E-state index contributed by atoms with van der Waals surface area (Å²) in [6.07, 6.45) is 4.47. The van der Waals surface area contributed by atoms with E-state index in [4.69, 9.17) is 0 Å². The van der Waals surface area contributed by atoms with Gasteiger partial charge in [-0.1, -0.05) is 6.08 Å². The van der Waals surface area contributed by atoms with Crippen LogP contribution in [0.5, 0.6) is 0 Å². The standard InChI is InChI=1S/C15H22N4O4.ClH/c1-2-8-18-13(21)14(22)19(15(18)23)10-12(20)17-7-5-11-4-3-6-16-9-11;/h2,11,16H,1,3-10H2,(H,17,20);1H. The van der Waals surface area contributed by atoms with Crippen molar-refractivity contribution >= 4 is 36.2 Å². The van der Waals surface area contributed by atoms with Crippen molar-refractivity contribution in [1.82, 2.24) is 20.4 Å². The molecule has 0 bridgehead atoms. The van der Waals surface area contributed by atoms with Crippen LogP contribution in [-0.4, -0.2) is 66.3 Å². The highest BCUT2D eigenvalue weighted by Crippen LogP contribution is 2.13. The second-order valence-electron chi connectivity index (χ2n) is 5.73. The lowest BCUT2D eigenvalue weighted by Gasteiger charge is -2.22. The Bertz CT molecular complexity index is 520. The first-order valence-corrected chi connectivity index (χ1v) is 7.80. The van der Waals surface area contributed by atoms with Crippen molar-refractivity contribution in [3.05, 3.63) is 12.7 Å². The molecule has 8 nitrogen and oxygen atoms in total. The second kappa shape index (κ2) is 9.39. The SMILES string of the molecule is C=CCN1C(=O)C(=O)N(CC(=O)NCCC2CCCNC2)C1=O.Cl. The molecule has 2 saturated heterocycles. The van der Waals surface area contributed by atoms with Crippen molar-refractivity contribution in [3.63, 3.8) is 0 Å². The van der Waals surface area contributed by atoms with Crippen molar-refractivity contribution in [1.29, 1.82) is 0 Å². The molecule has 0 aliphatic carbocycles. The maximum Gasteiger partial charge on any atom is 0.335 e. The number of urea groups is 1. The van der Waals surface area contributed by atoms with E-state index in [2.05, 4.69) is 17.2 Å². The third kappa shape index (κ3) is 4.78. The fraction of sp³-hybridized carbons (Fsp3) is 0.600. The number of nitrogens with zero attached hydrogens (tertiary/aromatic N) is 2. The summed E-state index contributed by atoms with van der Waals surface area (Å²) in [5.41, 5.74) is 0. The van der Waals surface area contributed by atoms with Gasteiger partial charge < -0.3 is 10.6 Å². The molecule has 2 N–H and O–H groups in total. The van der Waals surface area contributed by atoms with Crippen LogP contribution >= 0.6 is 12.4 Å². The molecular formula is C15H23ClN4O4. The minimum absolute atomic E-state index is 0. The van der Waals surface area contributed by atoms with Crippen LogP contribution < -0.4 is 10.6 Å². The van der Waals surface area contributed by atoms with Gasteiger partial charge in [0.25, 0.3) is 0 Å². The topological polar surface area (TPSA) is 98.8 Å². The first-order chi connectivity index (χ1) is 11.0. The van der Waals surface area contributed by atoms with Gasteiger partial charge in [-0.3, -0.25) is 19.3 Å². The predicted molar refractivity (Wildman–Crippen MR) is 89.5 cm³/mol. The molecule has 5 amide bonds. The summed E-state index contributed by atoms with van der Waals surface area (Å²) in [5, 5.41) is 6.00. The number of amides is 5. The number of hydrogen-bond acceptors (Lipinski definition) is 5. The van der Waals surface area contributed by atoms with Crippen LogP contribution in [-0.2, 0) is 14.4 Å². The van der Waals surface area contributed by atoms with Crippen LogP contribution in [0.3, 0.4) is 0 Å². The Morgan fingerprint density at radius 2 is 2.00 bits per heavy atom. The summed E-state index contributed by atoms with van der Waals surface area (Å²) in [6, 6.07) is -0.772. The molecule has 2 heterocycles. The zero-order valence-corrected chi connectivity index (χ0v) is 14.3. The minimum Gasteiger partial charge on any atom is -0.355 e. The van der Waals surface area contributed by atoms with Gasteiger partial charge >= 0.3 is 17.8 Å². The highest BCUT2D eigenvalue weighted by atomic mass is 35.5. The molecule has 9 heteroatoms. The van der Waals surface area contributed by atoms with Crippen molar-refractivity contribution in [2.75, 3.05) is 32.7 Å². The molecule has 2 aliphatic heterocycles. The summed E-state index contributed by atoms with van der Waals surface area (Å²) < 4.78 is 0. The molecular weight excluding hydrogens is 336 g/mol. The van der Waals surface area contributed by atoms with Crippen LogP contribution in [0.1, 0.15) is 19.3 Å². The van der Waals surface area contributed by atoms with Gasteiger partial charge in [0.05, 0.1) is 0 Å². The number of carbonyl (C=O) groups is 4. The fourth-order valence-corrected chi connectivity index (χ4v) is 2.77. The van der Waals surface area contributed by atoms with Crippen molar-refractivity contribution in [3.8, 4) is 0 Å². The molecule has 0 aromatic carbocycles. The molecule has 1 atom stereocenters. The Hall–Kier alpha value is -1.93. The van der Waals surface area contributed by atoms with Gasteiger partial charge in [-0.15, -0.1) is 19.0 Å². The average molecular weight is 359 g/mol. The summed E-state index contributed by atoms with van der Waals surface area (Å²) in [4.78, 5) is 48.7. The van der Waals surface area contributed by atoms with Gasteiger partial charge in [0.15, 0.2) is 0 Å². The lowest BCUT2D eigenvalue weighted by atomic mass is 9.96. The minimum atomic E-state index is -0.969. The normalized spacial score (nSPS) is 20.8. The Morgan fingerprint density at radius 1 is 1.29 bits per heavy atom. The van der Waals surface area contributed by atoms with Gasteiger partial charge in [0, 0.05) is 13.1 Å². The van der Waals surface area contributed by atoms with Crippen LogP contribution in [0.15, 0.2) is 12.7 Å². The lowest BCUT2D eigenvalue weighted by Crippen LogP contribution is -2.42. The smallest absolute Gasteiger partial charge is 0.335 e. The predicted octanol–water partition coefficient (Wildman–Crippen LogP) is -0.109. The maximum absolute atomic E-state index is 11.9. The van der Waals surface area contributed by atoms with Gasteiger partial charge in [0.2, 0.25) is 5.91 Å². The first kappa shape index (κ1) is 20.1. The Morgan fingerprint density at radius 3 is 2.62 bits per heavy atom. The van der Waals surface area contributed by atoms with E-state index < -0.39 is 30.3 Å². The third-order valence-corrected chi connectivity index (χ3v) is 4.02. The fourth-order valence-electron chi connectivity index (χ4n) is 2.77. The first-order valence-electron chi connectivity index (χ1n) is 7.80. The van der Waals surface area contributed by atoms with Gasteiger partial charge in [-0.2, -0.15) is 0 Å². The molecule has 134 valence electrons. The van der Waals surface area contributed by atoms with E-state index in [-0.39, 0.29) is 19.0 Å². The number of carbonyl (C=O) groups excluding carboxylic acids is 4. The highest BCUT2D eigenvalue weighted by Gasteiger charge is 2.44. The number of nitrogens with one attached hydrogen (secondary N) is 2. The van der Waals surface area contributed by atoms with Gasteiger partial charge in [-0.05, 0) is 38.3 Å². The van der Waals surface area contributed by atoms with E-state index in [0.717, 1.165) is 37.3 Å². The molecule has 2 fully saturated rings. The van der Waals surface area contributed by atoms with E-state index >= 15 is 0 Å². The summed E-state index contributed by atoms with van der Waals surface area (Å²) >= 11 is 0. The third-order valence-electron chi connectivity index (χ3n) is 4.02. The summed E-state index contributed by atoms with van der Waals surface area (Å²) in [5.74, 6) is -1.80. The highest BCUT2D eigenvalue weighted by molar-refractivity contribution is 6.45. The molecule has 2 rings (SSSR count). The van der Waals surface area contributed by atoms with Crippen molar-refractivity contribution in [2.45, 2.75) is 19.3 Å². The molecule has 1 unspecified atom stereocenters. The zero-order chi connectivity index (χ0) is 16.8. The summed E-state index contributed by atoms with van der Waals surface area (Å²) in [6.45, 7) is 5.43. The quantitative estimate of drug-likeness (QED) is 0.376. The number of piperidine rings is 1. The second-order valence-corrected chi connectivity index (χ2v) is 5.73. The maximum atomic E-state index is 11.9. The largest absolute Gasteiger partial charge is 0.355 e. The van der Waals surface area contributed by atoms with Crippen LogP contribution in [0.25, 0.3) is 0 Å². The van der Waals surface area contributed by atoms with Gasteiger partial charge in [-0.25, -0.2) is 9.69 Å². The van der Waals surface area contributed by atoms with E-state index in [0.29, 0.717) is 17.4 Å². The van der Waals surface area contributed by atoms with Crippen molar-refractivity contribution in [2.24, 2.45) is 5.92 Å². The molecule has 0 aromatic heterocycles. The van der Waals surface area contributed by atoms with Crippen LogP contribution in [0, 0.1) is 5.92 Å². The lowest BCUT2D eigenvalue weighted by molar-refractivity contribution is -0.143. The monoisotopic (exact) mass is 358 g/mol. The number of imide groups is 2. The number of halogens is 1. The Kier molecular flexibility index (Phi) is 7.87. The van der Waals surface area contributed by atoms with Crippen LogP contribution in [0.2, 0.25) is 0 Å². The zero-order valence-electron chi connectivity index (χ0n) is 13.5. The number of rotatable bonds is 7. The molecule has 0 spiro atoms. The molecule has 0 radical (unpaired) electrons. The molecule has 24 heavy (non-hydrogen) atoms. The van der Waals surface area contributed by atoms with Crippen molar-refractivity contribution < 1.29 is 19.2 Å². The molecule has 0 aromatic rings. The Balaban J connectivity index is 0.00000288. The summed E-state index contributed by atoms with van der Waals surface area (Å²) in [7, 11) is 0. The van der Waals surface area contributed by atoms with E-state index in [1.807, 2.05) is 0 Å². The van der Waals surface area contributed by atoms with Gasteiger partial charge in [0.1, 0.15) is 6.54 Å². The van der Waals surface area contributed by atoms with E-state index in [1.54, 1.807) is 0 Å². The molecule has 0 saturated carbocycles. The average Bonchev–Trinajstić information content (AvgIpc) is 2.74. The number of hydrogen-bond donors (Lipinski definition) is 2. The van der Waals surface area contributed by atoms with Crippen LogP contribution in [0.4, 0.5) is 4.79 Å². The molecule has 2 aliphatic rings. The van der Waals surface area contributed by atoms with E-state index in [9.17, 15) is 19.2 Å². The van der Waals surface area contributed by atoms with E-state index in [1.165, 1.54) is 6.08 Å².